The molecule has 0 aromatic carbocycles. The maximum absolute atomic E-state index is 12.4. The van der Waals surface area contributed by atoms with Crippen molar-refractivity contribution in [3.63, 3.8) is 0 Å². The minimum atomic E-state index is -5.08. The van der Waals surface area contributed by atoms with Crippen LogP contribution in [0, 0.1) is 25.2 Å². The Morgan fingerprint density at radius 1 is 1.34 bits per heavy atom. The van der Waals surface area contributed by atoms with E-state index in [0.29, 0.717) is 30.4 Å². The Morgan fingerprint density at radius 3 is 2.62 bits per heavy atom. The van der Waals surface area contributed by atoms with Gasteiger partial charge in [-0.05, 0) is 13.8 Å². The number of likely N-dealkylation sites (tertiary alicyclic amines) is 1. The number of aliphatic carboxylic acids is 1. The molecule has 2 atom stereocenters. The molecule has 2 aromatic rings. The van der Waals surface area contributed by atoms with Crippen LogP contribution in [0.1, 0.15) is 27.6 Å². The predicted molar refractivity (Wildman–Crippen MR) is 101 cm³/mol. The Labute approximate surface area is 180 Å². The molecule has 0 bridgehead atoms. The molecule has 32 heavy (non-hydrogen) atoms. The summed E-state index contributed by atoms with van der Waals surface area (Å²) in [5.74, 6) is -1.14. The molecule has 4 heterocycles. The summed E-state index contributed by atoms with van der Waals surface area (Å²) in [5.41, 5.74) is 1.37. The van der Waals surface area contributed by atoms with E-state index >= 15 is 0 Å². The summed E-state index contributed by atoms with van der Waals surface area (Å²) in [6, 6.07) is 1.97. The summed E-state index contributed by atoms with van der Waals surface area (Å²) in [4.78, 5) is 23.6. The van der Waals surface area contributed by atoms with E-state index in [-0.39, 0.29) is 11.3 Å². The molecule has 1 amide bonds. The van der Waals surface area contributed by atoms with Crippen molar-refractivity contribution in [2.45, 2.75) is 26.6 Å². The van der Waals surface area contributed by atoms with E-state index in [1.54, 1.807) is 6.92 Å². The number of carbonyl (C=O) groups is 2. The molecule has 2 aromatic heterocycles. The predicted octanol–water partition coefficient (Wildman–Crippen LogP) is 1.79. The number of aryl methyl sites for hydroxylation is 2. The quantitative estimate of drug-likeness (QED) is 0.686. The van der Waals surface area contributed by atoms with Crippen molar-refractivity contribution in [1.29, 1.82) is 0 Å². The normalized spacial score (nSPS) is 22.8. The van der Waals surface area contributed by atoms with Gasteiger partial charge in [-0.2, -0.15) is 13.2 Å². The fraction of sp³-hybridized carbons (Fsp3) is 0.579. The topological polar surface area (TPSA) is 131 Å². The van der Waals surface area contributed by atoms with E-state index in [9.17, 15) is 18.0 Å². The summed E-state index contributed by atoms with van der Waals surface area (Å²) >= 11 is 0. The lowest BCUT2D eigenvalue weighted by atomic mass is 9.81. The summed E-state index contributed by atoms with van der Waals surface area (Å²) in [5, 5.41) is 17.9. The number of carboxylic acid groups (broad SMARTS) is 1. The summed E-state index contributed by atoms with van der Waals surface area (Å²) < 4.78 is 47.6. The number of hydrogen-bond donors (Lipinski definition) is 2. The van der Waals surface area contributed by atoms with Crippen molar-refractivity contribution in [2.24, 2.45) is 11.3 Å². The second kappa shape index (κ2) is 9.28. The third kappa shape index (κ3) is 5.46. The third-order valence-corrected chi connectivity index (χ3v) is 5.49. The second-order valence-electron chi connectivity index (χ2n) is 7.95. The standard InChI is InChI=1S/C17H22N4O4.C2HF3O2/c1-11-3-14(20-24-11)6-21-5-13-7-23-10-17(13,9-21)8-18-16(22)15-4-19-25-12(15)2;3-2(4,5)1(6)7/h3-4,13H,5-10H2,1-2H3,(H,18,22);(H,6,7)/t13-,17+;/m1./s1. The number of ether oxygens (including phenoxy) is 1. The lowest BCUT2D eigenvalue weighted by Gasteiger charge is -2.27. The molecule has 2 N–H and O–H groups in total. The number of rotatable bonds is 5. The van der Waals surface area contributed by atoms with Gasteiger partial charge in [0.1, 0.15) is 17.1 Å². The minimum Gasteiger partial charge on any atom is -0.475 e. The maximum atomic E-state index is 12.4. The Hall–Kier alpha value is -2.93. The molecule has 2 aliphatic rings. The highest BCUT2D eigenvalue weighted by atomic mass is 19.4. The monoisotopic (exact) mass is 460 g/mol. The first-order chi connectivity index (χ1) is 15.0. The number of nitrogens with one attached hydrogen (secondary N) is 1. The van der Waals surface area contributed by atoms with Crippen LogP contribution in [0.5, 0.6) is 0 Å². The van der Waals surface area contributed by atoms with Gasteiger partial charge in [0.2, 0.25) is 0 Å². The molecule has 0 unspecified atom stereocenters. The second-order valence-corrected chi connectivity index (χ2v) is 7.95. The maximum Gasteiger partial charge on any atom is 0.490 e. The van der Waals surface area contributed by atoms with Gasteiger partial charge >= 0.3 is 12.1 Å². The number of carbonyl (C=O) groups excluding carboxylic acids is 1. The average molecular weight is 460 g/mol. The first-order valence-corrected chi connectivity index (χ1v) is 9.72. The smallest absolute Gasteiger partial charge is 0.475 e. The highest BCUT2D eigenvalue weighted by Crippen LogP contribution is 2.41. The van der Waals surface area contributed by atoms with Crippen molar-refractivity contribution >= 4 is 11.9 Å². The van der Waals surface area contributed by atoms with Crippen LogP contribution in [-0.4, -0.2) is 71.2 Å². The van der Waals surface area contributed by atoms with Gasteiger partial charge in [0.25, 0.3) is 5.91 Å². The summed E-state index contributed by atoms with van der Waals surface area (Å²) in [6.45, 7) is 8.17. The fourth-order valence-corrected chi connectivity index (χ4v) is 3.90. The zero-order valence-electron chi connectivity index (χ0n) is 17.4. The average Bonchev–Trinajstić information content (AvgIpc) is 3.45. The molecule has 10 nitrogen and oxygen atoms in total. The van der Waals surface area contributed by atoms with Gasteiger partial charge in [0.05, 0.1) is 25.1 Å². The number of halogens is 3. The number of carboxylic acids is 1. The van der Waals surface area contributed by atoms with Crippen LogP contribution < -0.4 is 5.32 Å². The van der Waals surface area contributed by atoms with Gasteiger partial charge < -0.3 is 24.2 Å². The Kier molecular flexibility index (Phi) is 6.88. The highest BCUT2D eigenvalue weighted by molar-refractivity contribution is 5.94. The molecular formula is C19H23F3N4O6. The minimum absolute atomic E-state index is 0.0560. The summed E-state index contributed by atoms with van der Waals surface area (Å²) in [6.07, 6.45) is -3.63. The summed E-state index contributed by atoms with van der Waals surface area (Å²) in [7, 11) is 0. The fourth-order valence-electron chi connectivity index (χ4n) is 3.90. The van der Waals surface area contributed by atoms with Crippen LogP contribution in [0.4, 0.5) is 13.2 Å². The van der Waals surface area contributed by atoms with Gasteiger partial charge in [-0.25, -0.2) is 4.79 Å². The largest absolute Gasteiger partial charge is 0.490 e. The van der Waals surface area contributed by atoms with Crippen LogP contribution in [-0.2, 0) is 16.1 Å². The number of hydrogen-bond acceptors (Lipinski definition) is 8. The van der Waals surface area contributed by atoms with Crippen molar-refractivity contribution in [3.05, 3.63) is 35.0 Å². The number of nitrogens with zero attached hydrogens (tertiary/aromatic N) is 3. The van der Waals surface area contributed by atoms with Crippen LogP contribution in [0.2, 0.25) is 0 Å². The van der Waals surface area contributed by atoms with Gasteiger partial charge in [-0.15, -0.1) is 0 Å². The Morgan fingerprint density at radius 2 is 2.06 bits per heavy atom. The van der Waals surface area contributed by atoms with E-state index in [2.05, 4.69) is 20.5 Å². The van der Waals surface area contributed by atoms with E-state index in [1.807, 2.05) is 13.0 Å². The number of alkyl halides is 3. The molecule has 0 aliphatic carbocycles. The van der Waals surface area contributed by atoms with Crippen molar-refractivity contribution in [3.8, 4) is 0 Å². The van der Waals surface area contributed by atoms with Gasteiger partial charge in [-0.1, -0.05) is 10.3 Å². The van der Waals surface area contributed by atoms with Crippen LogP contribution >= 0.6 is 0 Å². The van der Waals surface area contributed by atoms with Gasteiger partial charge in [-0.3, -0.25) is 9.69 Å². The highest BCUT2D eigenvalue weighted by Gasteiger charge is 2.50. The molecule has 2 fully saturated rings. The first kappa shape index (κ1) is 23.7. The van der Waals surface area contributed by atoms with Gasteiger partial charge in [0.15, 0.2) is 0 Å². The molecule has 0 radical (unpaired) electrons. The van der Waals surface area contributed by atoms with E-state index < -0.39 is 12.1 Å². The molecule has 0 saturated carbocycles. The number of amides is 1. The first-order valence-electron chi connectivity index (χ1n) is 9.72. The van der Waals surface area contributed by atoms with Crippen molar-refractivity contribution < 1.29 is 41.6 Å². The molecule has 176 valence electrons. The molecule has 4 rings (SSSR count). The third-order valence-electron chi connectivity index (χ3n) is 5.49. The zero-order valence-corrected chi connectivity index (χ0v) is 17.4. The van der Waals surface area contributed by atoms with Crippen molar-refractivity contribution in [1.82, 2.24) is 20.5 Å². The lowest BCUT2D eigenvalue weighted by molar-refractivity contribution is -0.192. The Bertz CT molecular complexity index is 959. The molecule has 2 aliphatic heterocycles. The Balaban J connectivity index is 0.000000360. The molecule has 2 saturated heterocycles. The number of fused-ring (bicyclic) bond motifs is 1. The van der Waals surface area contributed by atoms with E-state index in [1.165, 1.54) is 6.20 Å². The zero-order chi connectivity index (χ0) is 23.5. The van der Waals surface area contributed by atoms with E-state index in [4.69, 9.17) is 23.7 Å². The lowest BCUT2D eigenvalue weighted by Crippen LogP contribution is -2.43. The molecule has 0 spiro atoms. The number of aromatic nitrogens is 2. The van der Waals surface area contributed by atoms with Crippen LogP contribution in [0.15, 0.2) is 21.3 Å². The SMILES string of the molecule is Cc1cc(CN2C[C@@H]3COC[C@]3(CNC(=O)c3cnoc3C)C2)no1.O=C(O)C(F)(F)F. The van der Waals surface area contributed by atoms with Crippen LogP contribution in [0.25, 0.3) is 0 Å². The molecule has 13 heteroatoms. The van der Waals surface area contributed by atoms with Crippen LogP contribution in [0.3, 0.4) is 0 Å². The van der Waals surface area contributed by atoms with Gasteiger partial charge in [0, 0.05) is 43.6 Å². The van der Waals surface area contributed by atoms with Crippen molar-refractivity contribution in [2.75, 3.05) is 32.8 Å². The molecular weight excluding hydrogens is 437 g/mol. The van der Waals surface area contributed by atoms with E-state index in [0.717, 1.165) is 37.7 Å².